The van der Waals surface area contributed by atoms with Crippen LogP contribution in [-0.2, 0) is 13.1 Å². The van der Waals surface area contributed by atoms with Gasteiger partial charge in [0.2, 0.25) is 0 Å². The van der Waals surface area contributed by atoms with Crippen molar-refractivity contribution >= 4 is 0 Å². The second-order valence-electron chi connectivity index (χ2n) is 5.08. The molecule has 5 heteroatoms. The van der Waals surface area contributed by atoms with Crippen LogP contribution in [0.4, 0.5) is 0 Å². The molecule has 0 saturated heterocycles. The maximum atomic E-state index is 4.33. The summed E-state index contributed by atoms with van der Waals surface area (Å²) in [5.74, 6) is 0.999. The zero-order chi connectivity index (χ0) is 13.7. The first-order valence-electron chi connectivity index (χ1n) is 6.94. The third kappa shape index (κ3) is 3.67. The number of rotatable bonds is 7. The highest BCUT2D eigenvalue weighted by Gasteiger charge is 2.08. The van der Waals surface area contributed by atoms with Crippen LogP contribution in [0.25, 0.3) is 0 Å². The monoisotopic (exact) mass is 261 g/mol. The molecule has 1 N–H and O–H groups in total. The fourth-order valence-corrected chi connectivity index (χ4v) is 2.08. The van der Waals surface area contributed by atoms with Gasteiger partial charge >= 0.3 is 0 Å². The summed E-state index contributed by atoms with van der Waals surface area (Å²) in [4.78, 5) is 4.33. The van der Waals surface area contributed by atoms with E-state index < -0.39 is 0 Å². The Morgan fingerprint density at radius 3 is 2.95 bits per heavy atom. The molecular weight excluding hydrogens is 238 g/mol. The van der Waals surface area contributed by atoms with Gasteiger partial charge in [-0.3, -0.25) is 0 Å². The van der Waals surface area contributed by atoms with E-state index >= 15 is 0 Å². The van der Waals surface area contributed by atoms with Crippen molar-refractivity contribution in [2.24, 2.45) is 0 Å². The summed E-state index contributed by atoms with van der Waals surface area (Å²) in [7, 11) is 0. The van der Waals surface area contributed by atoms with Crippen LogP contribution in [0.2, 0.25) is 0 Å². The molecule has 2 aromatic rings. The summed E-state index contributed by atoms with van der Waals surface area (Å²) in [6.45, 7) is 9.18. The van der Waals surface area contributed by atoms with E-state index in [1.807, 2.05) is 4.68 Å². The quantitative estimate of drug-likeness (QED) is 0.777. The van der Waals surface area contributed by atoms with Gasteiger partial charge < -0.3 is 9.88 Å². The second kappa shape index (κ2) is 6.52. The van der Waals surface area contributed by atoms with E-state index in [0.717, 1.165) is 31.9 Å². The summed E-state index contributed by atoms with van der Waals surface area (Å²) in [5.41, 5.74) is 1.31. The molecule has 0 bridgehead atoms. The van der Waals surface area contributed by atoms with Gasteiger partial charge in [-0.15, -0.1) is 0 Å². The van der Waals surface area contributed by atoms with Crippen LogP contribution in [0.1, 0.15) is 44.6 Å². The van der Waals surface area contributed by atoms with Crippen molar-refractivity contribution in [3.63, 3.8) is 0 Å². The van der Waals surface area contributed by atoms with E-state index in [1.165, 1.54) is 5.56 Å². The molecule has 104 valence electrons. The third-order valence-electron chi connectivity index (χ3n) is 3.03. The largest absolute Gasteiger partial charge is 0.346 e. The molecule has 0 fully saturated rings. The molecule has 0 aliphatic carbocycles. The minimum atomic E-state index is 0.346. The smallest absolute Gasteiger partial charge is 0.147 e. The lowest BCUT2D eigenvalue weighted by molar-refractivity contribution is 0.496. The minimum Gasteiger partial charge on any atom is -0.346 e. The number of hydrogen-bond acceptors (Lipinski definition) is 3. The van der Waals surface area contributed by atoms with Gasteiger partial charge in [0.15, 0.2) is 0 Å². The molecule has 5 nitrogen and oxygen atoms in total. The number of hydrogen-bond donors (Lipinski definition) is 1. The highest BCUT2D eigenvalue weighted by atomic mass is 15.4. The van der Waals surface area contributed by atoms with Crippen molar-refractivity contribution < 1.29 is 0 Å². The average Bonchev–Trinajstić information content (AvgIpc) is 2.99. The molecule has 19 heavy (non-hydrogen) atoms. The zero-order valence-electron chi connectivity index (χ0n) is 12.0. The normalized spacial score (nSPS) is 11.4. The molecule has 0 radical (unpaired) electrons. The lowest BCUT2D eigenvalue weighted by atomic mass is 10.3. The van der Waals surface area contributed by atoms with Crippen LogP contribution in [-0.4, -0.2) is 25.9 Å². The number of nitrogens with zero attached hydrogens (tertiary/aromatic N) is 4. The Hall–Kier alpha value is -1.62. The molecule has 0 saturated carbocycles. The van der Waals surface area contributed by atoms with E-state index in [4.69, 9.17) is 0 Å². The predicted octanol–water partition coefficient (Wildman–Crippen LogP) is 2.21. The van der Waals surface area contributed by atoms with Crippen LogP contribution in [0.15, 0.2) is 24.8 Å². The number of nitrogens with one attached hydrogen (secondary N) is 1. The van der Waals surface area contributed by atoms with E-state index in [1.54, 1.807) is 6.33 Å². The van der Waals surface area contributed by atoms with Crippen LogP contribution in [0.3, 0.4) is 0 Å². The Balaban J connectivity index is 1.97. The summed E-state index contributed by atoms with van der Waals surface area (Å²) in [6.07, 6.45) is 7.06. The molecule has 0 aliphatic heterocycles. The molecule has 0 aliphatic rings. The fourth-order valence-electron chi connectivity index (χ4n) is 2.08. The Labute approximate surface area is 114 Å². The summed E-state index contributed by atoms with van der Waals surface area (Å²) in [5, 5.41) is 7.67. The van der Waals surface area contributed by atoms with Crippen LogP contribution in [0.5, 0.6) is 0 Å². The Bertz CT molecular complexity index is 497. The molecule has 0 unspecified atom stereocenters. The maximum absolute atomic E-state index is 4.33. The van der Waals surface area contributed by atoms with Crippen molar-refractivity contribution in [3.8, 4) is 0 Å². The van der Waals surface area contributed by atoms with Gasteiger partial charge in [-0.05, 0) is 38.4 Å². The molecule has 0 amide bonds. The summed E-state index contributed by atoms with van der Waals surface area (Å²) in [6, 6.07) is 2.50. The first-order chi connectivity index (χ1) is 9.20. The van der Waals surface area contributed by atoms with E-state index in [0.29, 0.717) is 6.04 Å². The SMILES string of the molecule is CCCNCc1ccn(Cc2ncnn2C(C)C)c1. The van der Waals surface area contributed by atoms with Gasteiger partial charge in [-0.2, -0.15) is 5.10 Å². The highest BCUT2D eigenvalue weighted by Crippen LogP contribution is 2.08. The lowest BCUT2D eigenvalue weighted by Gasteiger charge is -2.09. The van der Waals surface area contributed by atoms with Gasteiger partial charge in [-0.1, -0.05) is 6.92 Å². The molecule has 2 heterocycles. The van der Waals surface area contributed by atoms with Crippen molar-refractivity contribution in [1.29, 1.82) is 0 Å². The van der Waals surface area contributed by atoms with Crippen LogP contribution >= 0.6 is 0 Å². The molecule has 0 atom stereocenters. The van der Waals surface area contributed by atoms with Gasteiger partial charge in [-0.25, -0.2) is 9.67 Å². The number of aromatic nitrogens is 4. The molecule has 0 aromatic carbocycles. The lowest BCUT2D eigenvalue weighted by Crippen LogP contribution is -2.13. The molecule has 0 spiro atoms. The molecule has 2 aromatic heterocycles. The van der Waals surface area contributed by atoms with Crippen molar-refractivity contribution in [2.75, 3.05) is 6.54 Å². The molecule has 2 rings (SSSR count). The van der Waals surface area contributed by atoms with Gasteiger partial charge in [0.25, 0.3) is 0 Å². The topological polar surface area (TPSA) is 47.7 Å². The van der Waals surface area contributed by atoms with Crippen molar-refractivity contribution in [2.45, 2.75) is 46.3 Å². The third-order valence-corrected chi connectivity index (χ3v) is 3.03. The van der Waals surface area contributed by atoms with E-state index in [9.17, 15) is 0 Å². The standard InChI is InChI=1S/C14H23N5/c1-4-6-15-8-13-5-7-18(9-13)10-14-16-11-17-19(14)12(2)3/h5,7,9,11-12,15H,4,6,8,10H2,1-3H3. The summed E-state index contributed by atoms with van der Waals surface area (Å²) < 4.78 is 4.13. The van der Waals surface area contributed by atoms with Crippen molar-refractivity contribution in [3.05, 3.63) is 36.2 Å². The first kappa shape index (κ1) is 13.8. The van der Waals surface area contributed by atoms with E-state index in [-0.39, 0.29) is 0 Å². The van der Waals surface area contributed by atoms with Gasteiger partial charge in [0.05, 0.1) is 6.54 Å². The molecular formula is C14H23N5. The Morgan fingerprint density at radius 1 is 1.37 bits per heavy atom. The Morgan fingerprint density at radius 2 is 2.21 bits per heavy atom. The second-order valence-corrected chi connectivity index (χ2v) is 5.08. The summed E-state index contributed by atoms with van der Waals surface area (Å²) >= 11 is 0. The fraction of sp³-hybridized carbons (Fsp3) is 0.571. The maximum Gasteiger partial charge on any atom is 0.147 e. The van der Waals surface area contributed by atoms with Crippen LogP contribution < -0.4 is 5.32 Å². The highest BCUT2D eigenvalue weighted by molar-refractivity contribution is 5.11. The minimum absolute atomic E-state index is 0.346. The predicted molar refractivity (Wildman–Crippen MR) is 75.9 cm³/mol. The zero-order valence-corrected chi connectivity index (χ0v) is 12.0. The van der Waals surface area contributed by atoms with Gasteiger partial charge in [0.1, 0.15) is 12.2 Å². The first-order valence-corrected chi connectivity index (χ1v) is 6.94. The Kier molecular flexibility index (Phi) is 4.74. The average molecular weight is 261 g/mol. The van der Waals surface area contributed by atoms with Gasteiger partial charge in [0, 0.05) is 25.0 Å². The van der Waals surface area contributed by atoms with E-state index in [2.05, 4.69) is 59.2 Å². The van der Waals surface area contributed by atoms with Crippen LogP contribution in [0, 0.1) is 0 Å². The van der Waals surface area contributed by atoms with Crippen molar-refractivity contribution in [1.82, 2.24) is 24.6 Å².